The molecule has 1 aromatic rings. The molecule has 0 fully saturated rings. The molecular formula is C15H24N2O. The highest BCUT2D eigenvalue weighted by Crippen LogP contribution is 2.11. The predicted molar refractivity (Wildman–Crippen MR) is 75.2 cm³/mol. The van der Waals surface area contributed by atoms with Crippen LogP contribution in [0.1, 0.15) is 37.8 Å². The number of likely N-dealkylation sites (N-methyl/N-ethyl adjacent to an activating group) is 1. The molecule has 0 saturated carbocycles. The molecule has 0 bridgehead atoms. The minimum atomic E-state index is -0.362. The zero-order chi connectivity index (χ0) is 13.5. The molecule has 0 heterocycles. The molecule has 1 atom stereocenters. The van der Waals surface area contributed by atoms with Gasteiger partial charge in [-0.3, -0.25) is 4.79 Å². The van der Waals surface area contributed by atoms with Crippen LogP contribution in [0.2, 0.25) is 0 Å². The van der Waals surface area contributed by atoms with E-state index in [0.29, 0.717) is 13.1 Å². The second-order valence-electron chi connectivity index (χ2n) is 4.67. The quantitative estimate of drug-likeness (QED) is 0.840. The summed E-state index contributed by atoms with van der Waals surface area (Å²) >= 11 is 0. The van der Waals surface area contributed by atoms with Crippen LogP contribution >= 0.6 is 0 Å². The van der Waals surface area contributed by atoms with Crippen LogP contribution in [0.25, 0.3) is 0 Å². The molecule has 0 radical (unpaired) electrons. The maximum Gasteiger partial charge on any atom is 0.239 e. The summed E-state index contributed by atoms with van der Waals surface area (Å²) in [4.78, 5) is 14.0. The third-order valence-electron chi connectivity index (χ3n) is 3.23. The van der Waals surface area contributed by atoms with Crippen LogP contribution in [0.3, 0.4) is 0 Å². The van der Waals surface area contributed by atoms with E-state index in [-0.39, 0.29) is 11.9 Å². The first-order valence-electron chi connectivity index (χ1n) is 6.69. The Kier molecular flexibility index (Phi) is 5.86. The number of nitrogens with zero attached hydrogens (tertiary/aromatic N) is 1. The molecule has 0 saturated heterocycles. The average Bonchev–Trinajstić information content (AvgIpc) is 2.37. The number of rotatable bonds is 6. The van der Waals surface area contributed by atoms with Gasteiger partial charge in [-0.15, -0.1) is 0 Å². The van der Waals surface area contributed by atoms with Gasteiger partial charge in [0, 0.05) is 13.1 Å². The van der Waals surface area contributed by atoms with E-state index in [1.54, 1.807) is 0 Å². The summed E-state index contributed by atoms with van der Waals surface area (Å²) in [5.74, 6) is 0.0580. The van der Waals surface area contributed by atoms with Crippen molar-refractivity contribution in [3.63, 3.8) is 0 Å². The van der Waals surface area contributed by atoms with Gasteiger partial charge < -0.3 is 10.6 Å². The van der Waals surface area contributed by atoms with Crippen LogP contribution in [0.5, 0.6) is 0 Å². The van der Waals surface area contributed by atoms with Gasteiger partial charge in [0.05, 0.1) is 6.04 Å². The Morgan fingerprint density at radius 2 is 2.00 bits per heavy atom. The van der Waals surface area contributed by atoms with Gasteiger partial charge in [-0.05, 0) is 31.4 Å². The fraction of sp³-hybridized carbons (Fsp3) is 0.533. The third-order valence-corrected chi connectivity index (χ3v) is 3.23. The molecule has 18 heavy (non-hydrogen) atoms. The highest BCUT2D eigenvalue weighted by molar-refractivity contribution is 5.81. The summed E-state index contributed by atoms with van der Waals surface area (Å²) in [6, 6.07) is 7.79. The van der Waals surface area contributed by atoms with E-state index < -0.39 is 0 Å². The maximum absolute atomic E-state index is 12.2. The van der Waals surface area contributed by atoms with Gasteiger partial charge in [0.15, 0.2) is 0 Å². The van der Waals surface area contributed by atoms with E-state index in [4.69, 9.17) is 5.73 Å². The molecule has 0 aliphatic rings. The zero-order valence-electron chi connectivity index (χ0n) is 11.6. The van der Waals surface area contributed by atoms with Crippen LogP contribution in [0.15, 0.2) is 24.3 Å². The summed E-state index contributed by atoms with van der Waals surface area (Å²) in [7, 11) is 0. The van der Waals surface area contributed by atoms with E-state index in [2.05, 4.69) is 19.1 Å². The average molecular weight is 248 g/mol. The number of amides is 1. The third kappa shape index (κ3) is 3.84. The molecule has 1 aromatic carbocycles. The van der Waals surface area contributed by atoms with Crippen molar-refractivity contribution in [3.05, 3.63) is 35.4 Å². The predicted octanol–water partition coefficient (Wildman–Crippen LogP) is 2.47. The van der Waals surface area contributed by atoms with E-state index in [1.165, 1.54) is 11.1 Å². The number of hydrogen-bond donors (Lipinski definition) is 1. The molecular weight excluding hydrogens is 224 g/mol. The van der Waals surface area contributed by atoms with Gasteiger partial charge in [-0.25, -0.2) is 0 Å². The minimum Gasteiger partial charge on any atom is -0.337 e. The highest BCUT2D eigenvalue weighted by atomic mass is 16.2. The second kappa shape index (κ2) is 7.17. The van der Waals surface area contributed by atoms with Crippen molar-refractivity contribution in [2.45, 2.75) is 46.2 Å². The van der Waals surface area contributed by atoms with Crippen molar-refractivity contribution >= 4 is 5.91 Å². The van der Waals surface area contributed by atoms with Crippen molar-refractivity contribution in [1.29, 1.82) is 0 Å². The standard InChI is InChI=1S/C15H24N2O/c1-4-8-14(16)15(18)17(5-2)11-13-10-7-6-9-12(13)3/h6-7,9-10,14H,4-5,8,11,16H2,1-3H3. The fourth-order valence-electron chi connectivity index (χ4n) is 2.01. The second-order valence-corrected chi connectivity index (χ2v) is 4.67. The Balaban J connectivity index is 2.73. The number of carbonyl (C=O) groups excluding carboxylic acids is 1. The number of carbonyl (C=O) groups is 1. The van der Waals surface area contributed by atoms with E-state index in [1.807, 2.05) is 30.9 Å². The molecule has 1 amide bonds. The summed E-state index contributed by atoms with van der Waals surface area (Å²) in [6.45, 7) is 7.46. The first kappa shape index (κ1) is 14.7. The largest absolute Gasteiger partial charge is 0.337 e. The summed E-state index contributed by atoms with van der Waals surface area (Å²) in [6.07, 6.45) is 1.69. The van der Waals surface area contributed by atoms with Gasteiger partial charge in [-0.2, -0.15) is 0 Å². The molecule has 0 spiro atoms. The Bertz CT molecular complexity index is 390. The molecule has 0 aliphatic carbocycles. The smallest absolute Gasteiger partial charge is 0.239 e. The molecule has 1 unspecified atom stereocenters. The molecule has 2 N–H and O–H groups in total. The zero-order valence-corrected chi connectivity index (χ0v) is 11.6. The Hall–Kier alpha value is -1.35. The van der Waals surface area contributed by atoms with E-state index >= 15 is 0 Å². The number of benzene rings is 1. The van der Waals surface area contributed by atoms with Crippen LogP contribution in [-0.2, 0) is 11.3 Å². The number of hydrogen-bond acceptors (Lipinski definition) is 2. The van der Waals surface area contributed by atoms with Gasteiger partial charge in [0.2, 0.25) is 5.91 Å². The number of aryl methyl sites for hydroxylation is 1. The molecule has 0 aromatic heterocycles. The Labute approximate surface area is 110 Å². The molecule has 3 heteroatoms. The van der Waals surface area contributed by atoms with Crippen molar-refractivity contribution < 1.29 is 4.79 Å². The van der Waals surface area contributed by atoms with Gasteiger partial charge >= 0.3 is 0 Å². The lowest BCUT2D eigenvalue weighted by atomic mass is 10.1. The van der Waals surface area contributed by atoms with Crippen molar-refractivity contribution in [2.24, 2.45) is 5.73 Å². The first-order chi connectivity index (χ1) is 8.60. The van der Waals surface area contributed by atoms with E-state index in [0.717, 1.165) is 12.8 Å². The molecule has 1 rings (SSSR count). The normalized spacial score (nSPS) is 12.2. The molecule has 100 valence electrons. The van der Waals surface area contributed by atoms with Gasteiger partial charge in [0.25, 0.3) is 0 Å². The lowest BCUT2D eigenvalue weighted by Gasteiger charge is -2.25. The number of nitrogens with two attached hydrogens (primary N) is 1. The van der Waals surface area contributed by atoms with Crippen molar-refractivity contribution in [2.75, 3.05) is 6.54 Å². The molecule has 0 aliphatic heterocycles. The molecule has 3 nitrogen and oxygen atoms in total. The SMILES string of the molecule is CCCC(N)C(=O)N(CC)Cc1ccccc1C. The van der Waals surface area contributed by atoms with Gasteiger partial charge in [0.1, 0.15) is 0 Å². The summed E-state index contributed by atoms with van der Waals surface area (Å²) < 4.78 is 0. The highest BCUT2D eigenvalue weighted by Gasteiger charge is 2.19. The van der Waals surface area contributed by atoms with Crippen molar-refractivity contribution in [3.8, 4) is 0 Å². The van der Waals surface area contributed by atoms with E-state index in [9.17, 15) is 4.79 Å². The lowest BCUT2D eigenvalue weighted by molar-refractivity contribution is -0.133. The lowest BCUT2D eigenvalue weighted by Crippen LogP contribution is -2.43. The van der Waals surface area contributed by atoms with Crippen LogP contribution in [0.4, 0.5) is 0 Å². The summed E-state index contributed by atoms with van der Waals surface area (Å²) in [5, 5.41) is 0. The first-order valence-corrected chi connectivity index (χ1v) is 6.69. The minimum absolute atomic E-state index is 0.0580. The van der Waals surface area contributed by atoms with Crippen LogP contribution < -0.4 is 5.73 Å². The van der Waals surface area contributed by atoms with Crippen LogP contribution in [-0.4, -0.2) is 23.4 Å². The van der Waals surface area contributed by atoms with Crippen molar-refractivity contribution in [1.82, 2.24) is 4.90 Å². The monoisotopic (exact) mass is 248 g/mol. The topological polar surface area (TPSA) is 46.3 Å². The Morgan fingerprint density at radius 3 is 2.56 bits per heavy atom. The maximum atomic E-state index is 12.2. The fourth-order valence-corrected chi connectivity index (χ4v) is 2.01. The van der Waals surface area contributed by atoms with Gasteiger partial charge in [-0.1, -0.05) is 37.6 Å². The summed E-state index contributed by atoms with van der Waals surface area (Å²) in [5.41, 5.74) is 8.31. The van der Waals surface area contributed by atoms with Crippen LogP contribution in [0, 0.1) is 6.92 Å². The Morgan fingerprint density at radius 1 is 1.33 bits per heavy atom.